The van der Waals surface area contributed by atoms with Crippen LogP contribution in [0.3, 0.4) is 0 Å². The number of aromatic nitrogens is 2. The standard InChI is InChI=1S/C14H15F2N3/c15-14(16)8-13(9-14)3-4-19(13)7-10-1-2-11-6-17-18-12(11)5-10/h1-2,5-6H,3-4,7-9H2,(H,17,18). The quantitative estimate of drug-likeness (QED) is 0.903. The molecule has 1 aromatic carbocycles. The van der Waals surface area contributed by atoms with Gasteiger partial charge in [0.05, 0.1) is 11.7 Å². The fourth-order valence-electron chi connectivity index (χ4n) is 3.45. The Bertz CT molecular complexity index is 626. The first-order chi connectivity index (χ1) is 9.06. The van der Waals surface area contributed by atoms with Crippen molar-refractivity contribution >= 4 is 10.9 Å². The van der Waals surface area contributed by atoms with Gasteiger partial charge in [-0.05, 0) is 18.1 Å². The molecule has 1 spiro atoms. The van der Waals surface area contributed by atoms with Crippen LogP contribution in [0, 0.1) is 0 Å². The van der Waals surface area contributed by atoms with Crippen LogP contribution >= 0.6 is 0 Å². The maximum absolute atomic E-state index is 13.1. The van der Waals surface area contributed by atoms with Crippen LogP contribution in [-0.2, 0) is 6.54 Å². The van der Waals surface area contributed by atoms with Crippen molar-refractivity contribution in [1.29, 1.82) is 0 Å². The van der Waals surface area contributed by atoms with Gasteiger partial charge >= 0.3 is 0 Å². The van der Waals surface area contributed by atoms with Gasteiger partial charge in [-0.1, -0.05) is 12.1 Å². The van der Waals surface area contributed by atoms with E-state index in [2.05, 4.69) is 27.2 Å². The molecule has 0 radical (unpaired) electrons. The van der Waals surface area contributed by atoms with Crippen molar-refractivity contribution < 1.29 is 8.78 Å². The van der Waals surface area contributed by atoms with E-state index >= 15 is 0 Å². The lowest BCUT2D eigenvalue weighted by molar-refractivity contribution is -0.217. The van der Waals surface area contributed by atoms with E-state index in [1.807, 2.05) is 6.07 Å². The van der Waals surface area contributed by atoms with Crippen LogP contribution in [0.4, 0.5) is 8.78 Å². The molecule has 1 N–H and O–H groups in total. The Kier molecular flexibility index (Phi) is 2.11. The summed E-state index contributed by atoms with van der Waals surface area (Å²) in [5, 5.41) is 8.02. The zero-order valence-corrected chi connectivity index (χ0v) is 10.5. The molecule has 5 heteroatoms. The minimum Gasteiger partial charge on any atom is -0.293 e. The summed E-state index contributed by atoms with van der Waals surface area (Å²) in [7, 11) is 0. The molecule has 0 bridgehead atoms. The van der Waals surface area contributed by atoms with E-state index in [1.54, 1.807) is 6.20 Å². The molecule has 1 aliphatic carbocycles. The second-order valence-corrected chi connectivity index (χ2v) is 5.90. The molecule has 0 amide bonds. The van der Waals surface area contributed by atoms with Crippen molar-refractivity contribution in [3.63, 3.8) is 0 Å². The van der Waals surface area contributed by atoms with Crippen molar-refractivity contribution in [2.45, 2.75) is 37.3 Å². The fraction of sp³-hybridized carbons (Fsp3) is 0.500. The van der Waals surface area contributed by atoms with E-state index in [4.69, 9.17) is 0 Å². The Morgan fingerprint density at radius 3 is 2.84 bits per heavy atom. The van der Waals surface area contributed by atoms with Gasteiger partial charge in [-0.25, -0.2) is 8.78 Å². The summed E-state index contributed by atoms with van der Waals surface area (Å²) in [6.07, 6.45) is 2.77. The second-order valence-electron chi connectivity index (χ2n) is 5.90. The van der Waals surface area contributed by atoms with E-state index in [9.17, 15) is 8.78 Å². The number of rotatable bonds is 2. The molecule has 1 saturated heterocycles. The lowest BCUT2D eigenvalue weighted by atomic mass is 9.65. The number of fused-ring (bicyclic) bond motifs is 1. The van der Waals surface area contributed by atoms with Gasteiger partial charge in [-0.3, -0.25) is 10.00 Å². The molecule has 2 fully saturated rings. The van der Waals surface area contributed by atoms with E-state index < -0.39 is 5.92 Å². The first-order valence-corrected chi connectivity index (χ1v) is 6.61. The minimum absolute atomic E-state index is 0.0340. The number of hydrogen-bond acceptors (Lipinski definition) is 2. The highest BCUT2D eigenvalue weighted by atomic mass is 19.3. The van der Waals surface area contributed by atoms with Gasteiger partial charge < -0.3 is 0 Å². The molecule has 3 nitrogen and oxygen atoms in total. The van der Waals surface area contributed by atoms with E-state index in [0.29, 0.717) is 0 Å². The summed E-state index contributed by atoms with van der Waals surface area (Å²) in [5.41, 5.74) is 1.95. The van der Waals surface area contributed by atoms with E-state index in [0.717, 1.165) is 36.0 Å². The molecular formula is C14H15F2N3. The third kappa shape index (κ3) is 1.68. The smallest absolute Gasteiger partial charge is 0.251 e. The average Bonchev–Trinajstić information content (AvgIpc) is 2.78. The van der Waals surface area contributed by atoms with Crippen molar-refractivity contribution in [3.8, 4) is 0 Å². The van der Waals surface area contributed by atoms with Crippen molar-refractivity contribution in [3.05, 3.63) is 30.0 Å². The van der Waals surface area contributed by atoms with Crippen molar-refractivity contribution in [2.24, 2.45) is 0 Å². The lowest BCUT2D eigenvalue weighted by Gasteiger charge is -2.61. The van der Waals surface area contributed by atoms with Gasteiger partial charge in [0.2, 0.25) is 0 Å². The molecule has 4 rings (SSSR count). The molecule has 0 unspecified atom stereocenters. The molecule has 1 aliphatic heterocycles. The summed E-state index contributed by atoms with van der Waals surface area (Å²) in [6.45, 7) is 1.68. The predicted octanol–water partition coefficient (Wildman–Crippen LogP) is 2.94. The monoisotopic (exact) mass is 263 g/mol. The molecule has 19 heavy (non-hydrogen) atoms. The number of nitrogens with one attached hydrogen (secondary N) is 1. The Balaban J connectivity index is 1.52. The first-order valence-electron chi connectivity index (χ1n) is 6.61. The highest BCUT2D eigenvalue weighted by molar-refractivity contribution is 5.78. The molecule has 100 valence electrons. The average molecular weight is 263 g/mol. The van der Waals surface area contributed by atoms with Crippen molar-refractivity contribution in [2.75, 3.05) is 6.54 Å². The number of H-pyrrole nitrogens is 1. The van der Waals surface area contributed by atoms with Gasteiger partial charge in [0.1, 0.15) is 0 Å². The summed E-state index contributed by atoms with van der Waals surface area (Å²) in [6, 6.07) is 6.14. The zero-order valence-electron chi connectivity index (χ0n) is 10.5. The number of hydrogen-bond donors (Lipinski definition) is 1. The van der Waals surface area contributed by atoms with Crippen LogP contribution in [0.25, 0.3) is 10.9 Å². The van der Waals surface area contributed by atoms with Crippen LogP contribution in [0.15, 0.2) is 24.4 Å². The Morgan fingerprint density at radius 1 is 1.32 bits per heavy atom. The topological polar surface area (TPSA) is 31.9 Å². The van der Waals surface area contributed by atoms with Gasteiger partial charge in [0, 0.05) is 36.9 Å². The summed E-state index contributed by atoms with van der Waals surface area (Å²) in [4.78, 5) is 2.20. The minimum atomic E-state index is -2.44. The van der Waals surface area contributed by atoms with Crippen molar-refractivity contribution in [1.82, 2.24) is 15.1 Å². The first kappa shape index (κ1) is 11.3. The molecule has 0 atom stereocenters. The van der Waals surface area contributed by atoms with Gasteiger partial charge in [0.25, 0.3) is 5.92 Å². The number of benzene rings is 1. The highest BCUT2D eigenvalue weighted by Crippen LogP contribution is 2.55. The van der Waals surface area contributed by atoms with Crippen LogP contribution in [0.1, 0.15) is 24.8 Å². The second kappa shape index (κ2) is 3.54. The summed E-state index contributed by atoms with van der Waals surface area (Å²) in [5.74, 6) is -2.44. The number of aromatic amines is 1. The molecular weight excluding hydrogens is 248 g/mol. The lowest BCUT2D eigenvalue weighted by Crippen LogP contribution is -2.69. The Morgan fingerprint density at radius 2 is 2.16 bits per heavy atom. The van der Waals surface area contributed by atoms with Gasteiger partial charge in [-0.2, -0.15) is 5.10 Å². The molecule has 1 aromatic heterocycles. The highest BCUT2D eigenvalue weighted by Gasteiger charge is 2.62. The number of nitrogens with zero attached hydrogens (tertiary/aromatic N) is 2. The number of likely N-dealkylation sites (tertiary alicyclic amines) is 1. The number of halogens is 2. The largest absolute Gasteiger partial charge is 0.293 e. The van der Waals surface area contributed by atoms with Crippen LogP contribution in [0.5, 0.6) is 0 Å². The third-order valence-electron chi connectivity index (χ3n) is 4.57. The van der Waals surface area contributed by atoms with E-state index in [-0.39, 0.29) is 18.4 Å². The Hall–Kier alpha value is -1.49. The molecule has 2 heterocycles. The summed E-state index contributed by atoms with van der Waals surface area (Å²) >= 11 is 0. The van der Waals surface area contributed by atoms with Crippen LogP contribution < -0.4 is 0 Å². The third-order valence-corrected chi connectivity index (χ3v) is 4.57. The summed E-state index contributed by atoms with van der Waals surface area (Å²) < 4.78 is 26.2. The normalized spacial score (nSPS) is 24.3. The number of alkyl halides is 2. The molecule has 2 aliphatic rings. The van der Waals surface area contributed by atoms with E-state index in [1.165, 1.54) is 0 Å². The fourth-order valence-corrected chi connectivity index (χ4v) is 3.45. The zero-order chi connectivity index (χ0) is 13.1. The maximum Gasteiger partial charge on any atom is 0.251 e. The SMILES string of the molecule is FC1(F)CC2(CCN2Cc2ccc3cn[nH]c3c2)C1. The predicted molar refractivity (Wildman–Crippen MR) is 68.0 cm³/mol. The van der Waals surface area contributed by atoms with Crippen LogP contribution in [0.2, 0.25) is 0 Å². The van der Waals surface area contributed by atoms with Gasteiger partial charge in [-0.15, -0.1) is 0 Å². The molecule has 2 aromatic rings. The van der Waals surface area contributed by atoms with Gasteiger partial charge in [0.15, 0.2) is 0 Å². The van der Waals surface area contributed by atoms with Crippen LogP contribution in [-0.4, -0.2) is 33.1 Å². The Labute approximate surface area is 109 Å². The molecule has 1 saturated carbocycles. The maximum atomic E-state index is 13.1.